The van der Waals surface area contributed by atoms with E-state index in [1.54, 1.807) is 0 Å². The second-order valence-corrected chi connectivity index (χ2v) is 5.26. The van der Waals surface area contributed by atoms with Gasteiger partial charge in [-0.2, -0.15) is 5.26 Å². The largest absolute Gasteiger partial charge is 0.449 e. The number of nitriles is 1. The van der Waals surface area contributed by atoms with Gasteiger partial charge in [0.1, 0.15) is 11.9 Å². The summed E-state index contributed by atoms with van der Waals surface area (Å²) in [6.45, 7) is 1.39. The number of amides is 1. The van der Waals surface area contributed by atoms with E-state index >= 15 is 0 Å². The molecule has 0 bridgehead atoms. The van der Waals surface area contributed by atoms with Crippen LogP contribution in [-0.2, 0) is 9.53 Å². The smallest absolute Gasteiger partial charge is 0.339 e. The van der Waals surface area contributed by atoms with Crippen molar-refractivity contribution < 1.29 is 18.7 Å². The highest BCUT2D eigenvalue weighted by atomic mass is 35.5. The van der Waals surface area contributed by atoms with Crippen LogP contribution in [0.15, 0.2) is 42.5 Å². The summed E-state index contributed by atoms with van der Waals surface area (Å²) in [6.07, 6.45) is -1.10. The summed E-state index contributed by atoms with van der Waals surface area (Å²) in [5, 5.41) is 11.5. The van der Waals surface area contributed by atoms with Gasteiger partial charge >= 0.3 is 5.97 Å². The van der Waals surface area contributed by atoms with E-state index in [0.29, 0.717) is 5.69 Å². The van der Waals surface area contributed by atoms with E-state index in [2.05, 4.69) is 5.32 Å². The Kier molecular flexibility index (Phi) is 5.51. The summed E-state index contributed by atoms with van der Waals surface area (Å²) < 4.78 is 18.1. The minimum Gasteiger partial charge on any atom is -0.449 e. The molecule has 0 saturated carbocycles. The van der Waals surface area contributed by atoms with Crippen LogP contribution in [0.2, 0.25) is 5.02 Å². The van der Waals surface area contributed by atoms with Crippen molar-refractivity contribution in [1.29, 1.82) is 5.26 Å². The number of carbonyl (C=O) groups excluding carboxylic acids is 2. The molecule has 1 atom stereocenters. The van der Waals surface area contributed by atoms with Gasteiger partial charge in [-0.05, 0) is 43.3 Å². The Bertz CT molecular complexity index is 833. The highest BCUT2D eigenvalue weighted by Crippen LogP contribution is 2.20. The summed E-state index contributed by atoms with van der Waals surface area (Å²) in [5.41, 5.74) is 0.647. The molecule has 0 aliphatic heterocycles. The highest BCUT2D eigenvalue weighted by molar-refractivity contribution is 6.32. The van der Waals surface area contributed by atoms with E-state index in [4.69, 9.17) is 21.6 Å². The van der Waals surface area contributed by atoms with Crippen molar-refractivity contribution in [2.24, 2.45) is 0 Å². The molecule has 7 heteroatoms. The van der Waals surface area contributed by atoms with Crippen molar-refractivity contribution >= 4 is 29.2 Å². The SMILES string of the molecule is CC(OC(=O)c1cccc(F)c1)C(=O)Nc1ccc(C#N)c(Cl)c1. The maximum absolute atomic E-state index is 13.1. The van der Waals surface area contributed by atoms with Crippen LogP contribution in [0.1, 0.15) is 22.8 Å². The Morgan fingerprint density at radius 2 is 2.04 bits per heavy atom. The molecule has 24 heavy (non-hydrogen) atoms. The molecule has 0 aliphatic rings. The Labute approximate surface area is 142 Å². The fourth-order valence-corrected chi connectivity index (χ4v) is 2.05. The van der Waals surface area contributed by atoms with Crippen LogP contribution >= 0.6 is 11.6 Å². The molecule has 0 aromatic heterocycles. The number of benzene rings is 2. The first kappa shape index (κ1) is 17.4. The number of nitrogens with zero attached hydrogens (tertiary/aromatic N) is 1. The van der Waals surface area contributed by atoms with Gasteiger partial charge in [0, 0.05) is 5.69 Å². The number of ether oxygens (including phenoxy) is 1. The van der Waals surface area contributed by atoms with Gasteiger partial charge in [-0.1, -0.05) is 17.7 Å². The van der Waals surface area contributed by atoms with Crippen molar-refractivity contribution in [1.82, 2.24) is 0 Å². The van der Waals surface area contributed by atoms with Crippen LogP contribution in [0.25, 0.3) is 0 Å². The topological polar surface area (TPSA) is 79.2 Å². The van der Waals surface area contributed by atoms with Crippen molar-refractivity contribution in [3.05, 3.63) is 64.4 Å². The predicted molar refractivity (Wildman–Crippen MR) is 86.1 cm³/mol. The Morgan fingerprint density at radius 3 is 2.67 bits per heavy atom. The summed E-state index contributed by atoms with van der Waals surface area (Å²) in [4.78, 5) is 23.9. The second kappa shape index (κ2) is 7.57. The van der Waals surface area contributed by atoms with E-state index in [0.717, 1.165) is 6.07 Å². The van der Waals surface area contributed by atoms with E-state index in [1.165, 1.54) is 43.3 Å². The van der Waals surface area contributed by atoms with Gasteiger partial charge in [-0.15, -0.1) is 0 Å². The van der Waals surface area contributed by atoms with Crippen molar-refractivity contribution in [2.75, 3.05) is 5.32 Å². The first-order valence-electron chi connectivity index (χ1n) is 6.88. The molecule has 0 saturated heterocycles. The van der Waals surface area contributed by atoms with Crippen molar-refractivity contribution in [3.63, 3.8) is 0 Å². The number of hydrogen-bond acceptors (Lipinski definition) is 4. The van der Waals surface area contributed by atoms with Crippen LogP contribution in [0.3, 0.4) is 0 Å². The van der Waals surface area contributed by atoms with Gasteiger partial charge in [-0.3, -0.25) is 4.79 Å². The zero-order valence-electron chi connectivity index (χ0n) is 12.5. The maximum Gasteiger partial charge on any atom is 0.339 e. The lowest BCUT2D eigenvalue weighted by Gasteiger charge is -2.14. The van der Waals surface area contributed by atoms with Crippen LogP contribution in [0, 0.1) is 17.1 Å². The van der Waals surface area contributed by atoms with Crippen LogP contribution in [0.4, 0.5) is 10.1 Å². The summed E-state index contributed by atoms with van der Waals surface area (Å²) in [6, 6.07) is 11.3. The number of rotatable bonds is 4. The number of anilines is 1. The third-order valence-corrected chi connectivity index (χ3v) is 3.38. The summed E-state index contributed by atoms with van der Waals surface area (Å²) in [7, 11) is 0. The lowest BCUT2D eigenvalue weighted by atomic mass is 10.2. The maximum atomic E-state index is 13.1. The van der Waals surface area contributed by atoms with Crippen LogP contribution in [0.5, 0.6) is 0 Å². The number of hydrogen-bond donors (Lipinski definition) is 1. The molecule has 0 spiro atoms. The Morgan fingerprint density at radius 1 is 1.29 bits per heavy atom. The number of esters is 1. The van der Waals surface area contributed by atoms with E-state index in [9.17, 15) is 14.0 Å². The standard InChI is InChI=1S/C17H12ClFN2O3/c1-10(24-17(23)11-3-2-4-13(19)7-11)16(22)21-14-6-5-12(9-20)15(18)8-14/h2-8,10H,1H3,(H,21,22). The molecule has 0 fully saturated rings. The zero-order valence-corrected chi connectivity index (χ0v) is 13.3. The van der Waals surface area contributed by atoms with Gasteiger partial charge in [-0.25, -0.2) is 9.18 Å². The minimum absolute atomic E-state index is 0.0102. The molecule has 0 heterocycles. The monoisotopic (exact) mass is 346 g/mol. The third kappa shape index (κ3) is 4.31. The van der Waals surface area contributed by atoms with E-state index < -0.39 is 23.8 Å². The lowest BCUT2D eigenvalue weighted by molar-refractivity contribution is -0.123. The van der Waals surface area contributed by atoms with Crippen molar-refractivity contribution in [2.45, 2.75) is 13.0 Å². The van der Waals surface area contributed by atoms with Crippen LogP contribution < -0.4 is 5.32 Å². The normalized spacial score (nSPS) is 11.2. The number of carbonyl (C=O) groups is 2. The quantitative estimate of drug-likeness (QED) is 0.859. The molecular weight excluding hydrogens is 335 g/mol. The highest BCUT2D eigenvalue weighted by Gasteiger charge is 2.19. The summed E-state index contributed by atoms with van der Waals surface area (Å²) in [5.74, 6) is -1.97. The predicted octanol–water partition coefficient (Wildman–Crippen LogP) is 3.53. The second-order valence-electron chi connectivity index (χ2n) is 4.85. The molecule has 2 rings (SSSR count). The Balaban J connectivity index is 2.01. The Hall–Kier alpha value is -2.91. The number of nitrogens with one attached hydrogen (secondary N) is 1. The molecule has 5 nitrogen and oxygen atoms in total. The van der Waals surface area contributed by atoms with E-state index in [1.807, 2.05) is 6.07 Å². The molecule has 122 valence electrons. The first-order chi connectivity index (χ1) is 11.4. The van der Waals surface area contributed by atoms with Crippen molar-refractivity contribution in [3.8, 4) is 6.07 Å². The van der Waals surface area contributed by atoms with Crippen LogP contribution in [-0.4, -0.2) is 18.0 Å². The van der Waals surface area contributed by atoms with Gasteiger partial charge in [0.05, 0.1) is 16.1 Å². The third-order valence-electron chi connectivity index (χ3n) is 3.07. The average Bonchev–Trinajstić information content (AvgIpc) is 2.55. The molecular formula is C17H12ClFN2O3. The molecule has 2 aromatic rings. The zero-order chi connectivity index (χ0) is 17.7. The molecule has 1 amide bonds. The van der Waals surface area contributed by atoms with E-state index in [-0.39, 0.29) is 16.1 Å². The molecule has 0 radical (unpaired) electrons. The molecule has 1 unspecified atom stereocenters. The average molecular weight is 347 g/mol. The minimum atomic E-state index is -1.10. The van der Waals surface area contributed by atoms with Gasteiger partial charge in [0.2, 0.25) is 0 Å². The molecule has 2 aromatic carbocycles. The first-order valence-corrected chi connectivity index (χ1v) is 7.25. The summed E-state index contributed by atoms with van der Waals surface area (Å²) >= 11 is 5.88. The lowest BCUT2D eigenvalue weighted by Crippen LogP contribution is -2.30. The number of halogens is 2. The molecule has 1 N–H and O–H groups in total. The van der Waals surface area contributed by atoms with Gasteiger partial charge in [0.15, 0.2) is 6.10 Å². The fourth-order valence-electron chi connectivity index (χ4n) is 1.82. The van der Waals surface area contributed by atoms with Gasteiger partial charge in [0.25, 0.3) is 5.91 Å². The molecule has 0 aliphatic carbocycles. The van der Waals surface area contributed by atoms with Gasteiger partial charge < -0.3 is 10.1 Å². The fraction of sp³-hybridized carbons (Fsp3) is 0.118.